The summed E-state index contributed by atoms with van der Waals surface area (Å²) in [5.41, 5.74) is 0. The van der Waals surface area contributed by atoms with Crippen molar-refractivity contribution in [2.24, 2.45) is 0 Å². The minimum Gasteiger partial charge on any atom is -0.395 e. The molecule has 0 saturated carbocycles. The maximum Gasteiger partial charge on any atom is 0.119 e. The van der Waals surface area contributed by atoms with Crippen LogP contribution < -0.4 is 5.32 Å². The molecule has 0 aromatic carbocycles. The highest BCUT2D eigenvalue weighted by molar-refractivity contribution is 6.08. The van der Waals surface area contributed by atoms with E-state index in [0.717, 1.165) is 6.44 Å². The summed E-state index contributed by atoms with van der Waals surface area (Å²) in [5.74, 6) is 0. The smallest absolute Gasteiger partial charge is 0.119 e. The van der Waals surface area contributed by atoms with Gasteiger partial charge in [0.1, 0.15) is 7.85 Å². The fraction of sp³-hybridized carbons (Fsp3) is 1.00. The first-order chi connectivity index (χ1) is 3.31. The molecular weight excluding hydrogens is 88.9 g/mol. The van der Waals surface area contributed by atoms with Crippen molar-refractivity contribution in [3.05, 3.63) is 0 Å². The molecule has 2 N–H and O–H groups in total. The number of rotatable bonds is 3. The predicted octanol–water partition coefficient (Wildman–Crippen LogP) is -1.45. The van der Waals surface area contributed by atoms with Crippen LogP contribution in [-0.4, -0.2) is 32.0 Å². The molecule has 0 fully saturated rings. The van der Waals surface area contributed by atoms with Crippen LogP contribution in [0, 0.1) is 0 Å². The topological polar surface area (TPSA) is 32.3 Å². The molecule has 0 aliphatic carbocycles. The van der Waals surface area contributed by atoms with Gasteiger partial charge in [-0.15, -0.1) is 0 Å². The van der Waals surface area contributed by atoms with Crippen molar-refractivity contribution in [1.29, 1.82) is 0 Å². The molecule has 42 valence electrons. The molecule has 2 nitrogen and oxygen atoms in total. The van der Waals surface area contributed by atoms with Gasteiger partial charge in [-0.1, -0.05) is 0 Å². The Hall–Kier alpha value is -0.0151. The van der Waals surface area contributed by atoms with Crippen molar-refractivity contribution in [2.75, 3.05) is 13.1 Å². The van der Waals surface area contributed by atoms with Crippen molar-refractivity contribution in [3.63, 3.8) is 0 Å². The molecule has 0 amide bonds. The average molecular weight is 101 g/mol. The first-order valence-corrected chi connectivity index (χ1v) is 2.65. The highest BCUT2D eigenvalue weighted by atomic mass is 16.3. The Labute approximate surface area is 45.3 Å². The van der Waals surface area contributed by atoms with Gasteiger partial charge in [0.15, 0.2) is 0 Å². The van der Waals surface area contributed by atoms with Gasteiger partial charge in [-0.05, 0) is 13.4 Å². The summed E-state index contributed by atoms with van der Waals surface area (Å²) >= 11 is 0. The van der Waals surface area contributed by atoms with E-state index in [1.807, 2.05) is 14.8 Å². The molecule has 3 heteroatoms. The quantitative estimate of drug-likeness (QED) is 0.426. The maximum atomic E-state index is 8.40. The van der Waals surface area contributed by atoms with Gasteiger partial charge in [0.25, 0.3) is 0 Å². The number of aliphatic hydroxyl groups excluding tert-OH is 1. The highest BCUT2D eigenvalue weighted by Gasteiger charge is 1.91. The van der Waals surface area contributed by atoms with E-state index in [1.165, 1.54) is 0 Å². The molecule has 0 unspecified atom stereocenters. The highest BCUT2D eigenvalue weighted by Crippen LogP contribution is 1.72. The summed E-state index contributed by atoms with van der Waals surface area (Å²) in [6, 6.07) is 0.255. The zero-order valence-corrected chi connectivity index (χ0v) is 4.94. The van der Waals surface area contributed by atoms with Crippen molar-refractivity contribution in [3.8, 4) is 0 Å². The van der Waals surface area contributed by atoms with Crippen LogP contribution >= 0.6 is 0 Å². The lowest BCUT2D eigenvalue weighted by atomic mass is 10.1. The van der Waals surface area contributed by atoms with Gasteiger partial charge in [-0.3, -0.25) is 0 Å². The minimum absolute atomic E-state index is 0.230. The molecule has 0 aromatic rings. The lowest BCUT2D eigenvalue weighted by Crippen LogP contribution is -2.29. The second-order valence-corrected chi connectivity index (χ2v) is 1.64. The zero-order chi connectivity index (χ0) is 5.70. The van der Waals surface area contributed by atoms with Gasteiger partial charge < -0.3 is 10.4 Å². The molecule has 0 aliphatic rings. The average Bonchev–Trinajstić information content (AvgIpc) is 1.68. The summed E-state index contributed by atoms with van der Waals surface area (Å²) in [6.07, 6.45) is 0.932. The van der Waals surface area contributed by atoms with Crippen LogP contribution in [-0.2, 0) is 0 Å². The summed E-state index contributed by atoms with van der Waals surface area (Å²) in [6.45, 7) is 2.18. The van der Waals surface area contributed by atoms with Crippen LogP contribution in [0.5, 0.6) is 0 Å². The van der Waals surface area contributed by atoms with E-state index in [1.54, 1.807) is 0 Å². The van der Waals surface area contributed by atoms with E-state index in [4.69, 9.17) is 5.11 Å². The molecule has 0 aliphatic heterocycles. The molecule has 0 rings (SSSR count). The molecular formula is C4H12BNO. The second kappa shape index (κ2) is 4.15. The normalized spacial score (nSPS) is 14.0. The lowest BCUT2D eigenvalue weighted by Gasteiger charge is -2.05. The molecule has 0 aromatic heterocycles. The number of hydrogen-bond donors (Lipinski definition) is 2. The Morgan fingerprint density at radius 1 is 1.86 bits per heavy atom. The third-order valence-corrected chi connectivity index (χ3v) is 0.826. The largest absolute Gasteiger partial charge is 0.395 e. The van der Waals surface area contributed by atoms with Crippen LogP contribution in [0.25, 0.3) is 0 Å². The molecule has 7 heavy (non-hydrogen) atoms. The lowest BCUT2D eigenvalue weighted by molar-refractivity contribution is 0.256. The maximum absolute atomic E-state index is 8.40. The van der Waals surface area contributed by atoms with Gasteiger partial charge in [0.05, 0.1) is 6.61 Å². The van der Waals surface area contributed by atoms with E-state index in [0.29, 0.717) is 0 Å². The van der Waals surface area contributed by atoms with Crippen LogP contribution in [0.2, 0.25) is 0 Å². The predicted molar refractivity (Wildman–Crippen MR) is 33.1 cm³/mol. The first-order valence-electron chi connectivity index (χ1n) is 2.65. The van der Waals surface area contributed by atoms with Crippen LogP contribution in [0.1, 0.15) is 6.92 Å². The van der Waals surface area contributed by atoms with Crippen molar-refractivity contribution in [2.45, 2.75) is 13.0 Å². The van der Waals surface area contributed by atoms with Crippen LogP contribution in [0.3, 0.4) is 0 Å². The van der Waals surface area contributed by atoms with Gasteiger partial charge in [0.2, 0.25) is 0 Å². The third-order valence-electron chi connectivity index (χ3n) is 0.826. The molecule has 0 heterocycles. The zero-order valence-electron chi connectivity index (χ0n) is 4.94. The van der Waals surface area contributed by atoms with Crippen LogP contribution in [0.4, 0.5) is 0 Å². The standard InChI is InChI=1S/C4H12BNO/c1-4(2-7)6-3-5/h4,6-7H,2-3,5H2,1H3/t4-/m1/s1. The van der Waals surface area contributed by atoms with Crippen molar-refractivity contribution in [1.82, 2.24) is 5.32 Å². The molecule has 0 saturated heterocycles. The van der Waals surface area contributed by atoms with E-state index in [2.05, 4.69) is 5.32 Å². The van der Waals surface area contributed by atoms with Crippen molar-refractivity contribution < 1.29 is 5.11 Å². The molecule has 0 radical (unpaired) electrons. The molecule has 0 bridgehead atoms. The van der Waals surface area contributed by atoms with E-state index in [-0.39, 0.29) is 12.6 Å². The first kappa shape index (κ1) is 6.98. The second-order valence-electron chi connectivity index (χ2n) is 1.64. The number of aliphatic hydroxyl groups is 1. The summed E-state index contributed by atoms with van der Waals surface area (Å²) in [4.78, 5) is 0. The monoisotopic (exact) mass is 101 g/mol. The summed E-state index contributed by atoms with van der Waals surface area (Å²) < 4.78 is 0. The Kier molecular flexibility index (Phi) is 4.14. The van der Waals surface area contributed by atoms with Gasteiger partial charge >= 0.3 is 0 Å². The fourth-order valence-corrected chi connectivity index (χ4v) is 0.413. The Balaban J connectivity index is 2.83. The Morgan fingerprint density at radius 3 is 2.57 bits per heavy atom. The molecule has 1 atom stereocenters. The minimum atomic E-state index is 0.230. The fourth-order valence-electron chi connectivity index (χ4n) is 0.413. The third kappa shape index (κ3) is 3.82. The van der Waals surface area contributed by atoms with Gasteiger partial charge in [0, 0.05) is 6.04 Å². The number of hydrogen-bond acceptors (Lipinski definition) is 2. The summed E-state index contributed by atoms with van der Waals surface area (Å²) in [5, 5.41) is 11.4. The van der Waals surface area contributed by atoms with Crippen molar-refractivity contribution >= 4 is 7.85 Å². The number of nitrogens with one attached hydrogen (secondary N) is 1. The SMILES string of the molecule is BCN[C@H](C)CO. The summed E-state index contributed by atoms with van der Waals surface area (Å²) in [7, 11) is 2.02. The molecule has 0 spiro atoms. The van der Waals surface area contributed by atoms with E-state index >= 15 is 0 Å². The van der Waals surface area contributed by atoms with E-state index < -0.39 is 0 Å². The Morgan fingerprint density at radius 2 is 2.43 bits per heavy atom. The Bertz CT molecular complexity index is 42.7. The van der Waals surface area contributed by atoms with Crippen LogP contribution in [0.15, 0.2) is 0 Å². The van der Waals surface area contributed by atoms with E-state index in [9.17, 15) is 0 Å². The van der Waals surface area contributed by atoms with Gasteiger partial charge in [-0.25, -0.2) is 0 Å². The van der Waals surface area contributed by atoms with Gasteiger partial charge in [-0.2, -0.15) is 0 Å².